The number of esters is 1. The number of ether oxygens (including phenoxy) is 2. The first kappa shape index (κ1) is 13.1. The molecule has 0 saturated heterocycles. The highest BCUT2D eigenvalue weighted by Gasteiger charge is 2.21. The highest BCUT2D eigenvalue weighted by molar-refractivity contribution is 5.94. The minimum absolute atomic E-state index is 0.161. The molecule has 0 radical (unpaired) electrons. The SMILES string of the molecule is CCOC(=O)c1n[nH]nc1-c1ccccc1OCC. The van der Waals surface area contributed by atoms with Crippen molar-refractivity contribution in [3.63, 3.8) is 0 Å². The van der Waals surface area contributed by atoms with Crippen molar-refractivity contribution in [2.24, 2.45) is 0 Å². The van der Waals surface area contributed by atoms with Crippen LogP contribution in [0.25, 0.3) is 11.3 Å². The number of carbonyl (C=O) groups excluding carboxylic acids is 1. The fourth-order valence-electron chi connectivity index (χ4n) is 1.70. The van der Waals surface area contributed by atoms with E-state index >= 15 is 0 Å². The average molecular weight is 261 g/mol. The van der Waals surface area contributed by atoms with E-state index in [0.29, 0.717) is 23.6 Å². The monoisotopic (exact) mass is 261 g/mol. The van der Waals surface area contributed by atoms with E-state index in [-0.39, 0.29) is 12.3 Å². The Morgan fingerprint density at radius 1 is 1.21 bits per heavy atom. The number of aromatic amines is 1. The van der Waals surface area contributed by atoms with E-state index in [4.69, 9.17) is 9.47 Å². The van der Waals surface area contributed by atoms with Crippen LogP contribution in [0.2, 0.25) is 0 Å². The third-order valence-corrected chi connectivity index (χ3v) is 2.46. The summed E-state index contributed by atoms with van der Waals surface area (Å²) in [6.07, 6.45) is 0. The molecule has 0 saturated carbocycles. The molecule has 0 amide bonds. The molecule has 0 fully saturated rings. The zero-order valence-corrected chi connectivity index (χ0v) is 10.8. The van der Waals surface area contributed by atoms with E-state index in [0.717, 1.165) is 0 Å². The zero-order chi connectivity index (χ0) is 13.7. The summed E-state index contributed by atoms with van der Waals surface area (Å²) in [6.45, 7) is 4.46. The predicted octanol–water partition coefficient (Wildman–Crippen LogP) is 2.05. The number of hydrogen-bond donors (Lipinski definition) is 1. The summed E-state index contributed by atoms with van der Waals surface area (Å²) >= 11 is 0. The van der Waals surface area contributed by atoms with Crippen LogP contribution >= 0.6 is 0 Å². The third-order valence-electron chi connectivity index (χ3n) is 2.46. The Bertz CT molecular complexity index is 566. The summed E-state index contributed by atoms with van der Waals surface area (Å²) in [5, 5.41) is 10.3. The lowest BCUT2D eigenvalue weighted by Crippen LogP contribution is -2.07. The van der Waals surface area contributed by atoms with Crippen molar-refractivity contribution in [2.75, 3.05) is 13.2 Å². The van der Waals surface area contributed by atoms with Gasteiger partial charge in [0, 0.05) is 5.56 Å². The molecule has 1 N–H and O–H groups in total. The number of H-pyrrole nitrogens is 1. The molecule has 0 aliphatic rings. The molecule has 0 aliphatic heterocycles. The zero-order valence-electron chi connectivity index (χ0n) is 10.8. The Hall–Kier alpha value is -2.37. The number of aromatic nitrogens is 3. The Balaban J connectivity index is 2.42. The van der Waals surface area contributed by atoms with Crippen molar-refractivity contribution in [3.05, 3.63) is 30.0 Å². The van der Waals surface area contributed by atoms with Gasteiger partial charge in [0.2, 0.25) is 0 Å². The Kier molecular flexibility index (Phi) is 4.12. The number of hydrogen-bond acceptors (Lipinski definition) is 5. The van der Waals surface area contributed by atoms with Crippen LogP contribution in [0.5, 0.6) is 5.75 Å². The second kappa shape index (κ2) is 5.99. The first-order valence-corrected chi connectivity index (χ1v) is 6.08. The highest BCUT2D eigenvalue weighted by atomic mass is 16.5. The molecule has 0 unspecified atom stereocenters. The standard InChI is InChI=1S/C13H15N3O3/c1-3-18-10-8-6-5-7-9(10)11-12(15-16-14-11)13(17)19-4-2/h5-8H,3-4H2,1-2H3,(H,14,15,16). The van der Waals surface area contributed by atoms with E-state index in [1.54, 1.807) is 6.92 Å². The van der Waals surface area contributed by atoms with Gasteiger partial charge in [0.1, 0.15) is 11.4 Å². The summed E-state index contributed by atoms with van der Waals surface area (Å²) < 4.78 is 10.5. The maximum absolute atomic E-state index is 11.8. The van der Waals surface area contributed by atoms with Crippen molar-refractivity contribution < 1.29 is 14.3 Å². The molecule has 1 aromatic carbocycles. The van der Waals surface area contributed by atoms with Crippen LogP contribution in [0.15, 0.2) is 24.3 Å². The topological polar surface area (TPSA) is 77.1 Å². The van der Waals surface area contributed by atoms with E-state index in [9.17, 15) is 4.79 Å². The van der Waals surface area contributed by atoms with E-state index in [1.807, 2.05) is 31.2 Å². The molecule has 2 aromatic rings. The van der Waals surface area contributed by atoms with Gasteiger partial charge in [-0.15, -0.1) is 5.10 Å². The summed E-state index contributed by atoms with van der Waals surface area (Å²) in [5.41, 5.74) is 1.30. The molecule has 2 rings (SSSR count). The quantitative estimate of drug-likeness (QED) is 0.833. The number of carbonyl (C=O) groups is 1. The second-order valence-corrected chi connectivity index (χ2v) is 3.67. The molecule has 0 aliphatic carbocycles. The van der Waals surface area contributed by atoms with Gasteiger partial charge < -0.3 is 9.47 Å². The molecule has 6 nitrogen and oxygen atoms in total. The van der Waals surface area contributed by atoms with Crippen LogP contribution < -0.4 is 4.74 Å². The fourth-order valence-corrected chi connectivity index (χ4v) is 1.70. The maximum Gasteiger partial charge on any atom is 0.361 e. The van der Waals surface area contributed by atoms with Crippen molar-refractivity contribution >= 4 is 5.97 Å². The van der Waals surface area contributed by atoms with Gasteiger partial charge in [-0.3, -0.25) is 0 Å². The van der Waals surface area contributed by atoms with Gasteiger partial charge in [-0.05, 0) is 26.0 Å². The lowest BCUT2D eigenvalue weighted by atomic mass is 10.1. The molecule has 0 bridgehead atoms. The van der Waals surface area contributed by atoms with Gasteiger partial charge in [0.05, 0.1) is 13.2 Å². The molecule has 6 heteroatoms. The van der Waals surface area contributed by atoms with Crippen LogP contribution in [0.1, 0.15) is 24.3 Å². The Morgan fingerprint density at radius 3 is 2.74 bits per heavy atom. The molecular weight excluding hydrogens is 246 g/mol. The molecule has 0 spiro atoms. The van der Waals surface area contributed by atoms with Crippen LogP contribution in [0, 0.1) is 0 Å². The number of nitrogens with zero attached hydrogens (tertiary/aromatic N) is 2. The van der Waals surface area contributed by atoms with Crippen LogP contribution in [-0.2, 0) is 4.74 Å². The number of nitrogens with one attached hydrogen (secondary N) is 1. The van der Waals surface area contributed by atoms with E-state index in [1.165, 1.54) is 0 Å². The van der Waals surface area contributed by atoms with Crippen molar-refractivity contribution in [2.45, 2.75) is 13.8 Å². The molecule has 19 heavy (non-hydrogen) atoms. The first-order valence-electron chi connectivity index (χ1n) is 6.08. The third kappa shape index (κ3) is 2.73. The largest absolute Gasteiger partial charge is 0.493 e. The Morgan fingerprint density at radius 2 is 2.00 bits per heavy atom. The molecule has 0 atom stereocenters. The minimum Gasteiger partial charge on any atom is -0.493 e. The maximum atomic E-state index is 11.8. The number of benzene rings is 1. The van der Waals surface area contributed by atoms with Crippen molar-refractivity contribution in [3.8, 4) is 17.0 Å². The summed E-state index contributed by atoms with van der Waals surface area (Å²) in [6, 6.07) is 7.36. The Labute approximate surface area is 110 Å². The second-order valence-electron chi connectivity index (χ2n) is 3.67. The first-order chi connectivity index (χ1) is 9.27. The van der Waals surface area contributed by atoms with Gasteiger partial charge in [0.15, 0.2) is 5.69 Å². The smallest absolute Gasteiger partial charge is 0.361 e. The van der Waals surface area contributed by atoms with Crippen LogP contribution in [-0.4, -0.2) is 34.6 Å². The highest BCUT2D eigenvalue weighted by Crippen LogP contribution is 2.30. The van der Waals surface area contributed by atoms with E-state index in [2.05, 4.69) is 15.4 Å². The molecule has 1 heterocycles. The number of para-hydroxylation sites is 1. The van der Waals surface area contributed by atoms with Gasteiger partial charge in [-0.25, -0.2) is 4.79 Å². The van der Waals surface area contributed by atoms with Crippen LogP contribution in [0.3, 0.4) is 0 Å². The summed E-state index contributed by atoms with van der Waals surface area (Å²) in [7, 11) is 0. The summed E-state index contributed by atoms with van der Waals surface area (Å²) in [4.78, 5) is 11.8. The predicted molar refractivity (Wildman–Crippen MR) is 68.9 cm³/mol. The lowest BCUT2D eigenvalue weighted by molar-refractivity contribution is 0.0520. The molecule has 100 valence electrons. The van der Waals surface area contributed by atoms with Gasteiger partial charge in [-0.2, -0.15) is 10.3 Å². The van der Waals surface area contributed by atoms with E-state index < -0.39 is 5.97 Å². The summed E-state index contributed by atoms with van der Waals surface area (Å²) in [5.74, 6) is 0.155. The minimum atomic E-state index is -0.502. The van der Waals surface area contributed by atoms with Gasteiger partial charge >= 0.3 is 5.97 Å². The van der Waals surface area contributed by atoms with Gasteiger partial charge in [-0.1, -0.05) is 12.1 Å². The average Bonchev–Trinajstić information content (AvgIpc) is 2.89. The van der Waals surface area contributed by atoms with Crippen LogP contribution in [0.4, 0.5) is 0 Å². The lowest BCUT2D eigenvalue weighted by Gasteiger charge is -2.08. The molecular formula is C13H15N3O3. The van der Waals surface area contributed by atoms with Gasteiger partial charge in [0.25, 0.3) is 0 Å². The fraction of sp³-hybridized carbons (Fsp3) is 0.308. The van der Waals surface area contributed by atoms with Crippen molar-refractivity contribution in [1.82, 2.24) is 15.4 Å². The normalized spacial score (nSPS) is 10.2. The van der Waals surface area contributed by atoms with Crippen molar-refractivity contribution in [1.29, 1.82) is 0 Å². The molecule has 1 aromatic heterocycles. The number of rotatable bonds is 5.